The van der Waals surface area contributed by atoms with Crippen LogP contribution in [0, 0.1) is 17.7 Å². The number of nitrogens with one attached hydrogen (secondary N) is 2. The predicted molar refractivity (Wildman–Crippen MR) is 134 cm³/mol. The number of H-pyrrole nitrogens is 1. The minimum absolute atomic E-state index is 0.0567. The molecule has 0 spiro atoms. The number of hydrogen-bond acceptors (Lipinski definition) is 6. The van der Waals surface area contributed by atoms with Crippen LogP contribution in [0.4, 0.5) is 10.2 Å². The molecule has 4 heterocycles. The molecule has 2 aromatic heterocycles. The van der Waals surface area contributed by atoms with Crippen LogP contribution in [0.3, 0.4) is 0 Å². The van der Waals surface area contributed by atoms with Gasteiger partial charge in [-0.2, -0.15) is 5.10 Å². The van der Waals surface area contributed by atoms with Crippen molar-refractivity contribution in [2.75, 3.05) is 31.1 Å². The van der Waals surface area contributed by atoms with Crippen LogP contribution in [0.25, 0.3) is 22.4 Å². The smallest absolute Gasteiger partial charge is 0.251 e. The van der Waals surface area contributed by atoms with E-state index in [1.165, 1.54) is 6.07 Å². The zero-order chi connectivity index (χ0) is 24.4. The molecule has 1 aliphatic carbocycles. The summed E-state index contributed by atoms with van der Waals surface area (Å²) < 4.78 is 14.7. The summed E-state index contributed by atoms with van der Waals surface area (Å²) in [5.74, 6) is 1.21. The number of carbonyl (C=O) groups excluding carboxylic acids is 1. The Morgan fingerprint density at radius 2 is 2.00 bits per heavy atom. The van der Waals surface area contributed by atoms with E-state index in [9.17, 15) is 9.18 Å². The first kappa shape index (κ1) is 21.4. The molecule has 2 aliphatic heterocycles. The van der Waals surface area contributed by atoms with Crippen LogP contribution < -0.4 is 16.0 Å². The van der Waals surface area contributed by atoms with Crippen LogP contribution >= 0.6 is 0 Å². The second-order valence-corrected chi connectivity index (χ2v) is 10.0. The van der Waals surface area contributed by atoms with Crippen molar-refractivity contribution >= 4 is 22.9 Å². The molecule has 3 atom stereocenters. The van der Waals surface area contributed by atoms with Crippen LogP contribution in [0.5, 0.6) is 0 Å². The van der Waals surface area contributed by atoms with Crippen molar-refractivity contribution in [1.82, 2.24) is 25.5 Å². The molecule has 0 radical (unpaired) electrons. The highest BCUT2D eigenvalue weighted by atomic mass is 19.1. The van der Waals surface area contributed by atoms with Gasteiger partial charge in [-0.3, -0.25) is 9.89 Å². The highest BCUT2D eigenvalue weighted by Crippen LogP contribution is 2.63. The maximum Gasteiger partial charge on any atom is 0.251 e. The molecule has 0 bridgehead atoms. The van der Waals surface area contributed by atoms with Gasteiger partial charge in [0.15, 0.2) is 5.65 Å². The molecule has 3 aliphatic rings. The fourth-order valence-electron chi connectivity index (χ4n) is 6.66. The highest BCUT2D eigenvalue weighted by molar-refractivity contribution is 6.00. The van der Waals surface area contributed by atoms with Crippen molar-refractivity contribution < 1.29 is 9.18 Å². The molecule has 182 valence electrons. The average Bonchev–Trinajstić information content (AvgIpc) is 3.37. The van der Waals surface area contributed by atoms with Gasteiger partial charge in [-0.25, -0.2) is 14.4 Å². The Morgan fingerprint density at radius 3 is 2.86 bits per heavy atom. The molecule has 4 N–H and O–H groups in total. The first-order valence-corrected chi connectivity index (χ1v) is 12.4. The van der Waals surface area contributed by atoms with Crippen molar-refractivity contribution in [3.8, 4) is 11.3 Å². The molecule has 1 amide bonds. The summed E-state index contributed by atoms with van der Waals surface area (Å²) in [6.45, 7) is 2.62. The van der Waals surface area contributed by atoms with Crippen molar-refractivity contribution in [2.24, 2.45) is 17.6 Å². The Balaban J connectivity index is 1.19. The Labute approximate surface area is 207 Å². The number of nitrogens with zero attached hydrogens (tertiary/aromatic N) is 4. The molecular formula is C27H26FN7O. The van der Waals surface area contributed by atoms with E-state index in [2.05, 4.69) is 20.4 Å². The lowest BCUT2D eigenvalue weighted by atomic mass is 9.91. The summed E-state index contributed by atoms with van der Waals surface area (Å²) >= 11 is 0. The quantitative estimate of drug-likeness (QED) is 0.412. The summed E-state index contributed by atoms with van der Waals surface area (Å²) in [6, 6.07) is 12.7. The third kappa shape index (κ3) is 2.95. The van der Waals surface area contributed by atoms with Crippen LogP contribution in [0.2, 0.25) is 0 Å². The van der Waals surface area contributed by atoms with Gasteiger partial charge in [0, 0.05) is 42.7 Å². The van der Waals surface area contributed by atoms with E-state index in [1.54, 1.807) is 12.3 Å². The Bertz CT molecular complexity index is 1520. The largest absolute Gasteiger partial charge is 0.355 e. The molecular weight excluding hydrogens is 457 g/mol. The number of aromatic nitrogens is 4. The lowest BCUT2D eigenvalue weighted by molar-refractivity contribution is 0.0946. The second-order valence-electron chi connectivity index (χ2n) is 10.0. The third-order valence-corrected chi connectivity index (χ3v) is 8.46. The Morgan fingerprint density at radius 1 is 1.14 bits per heavy atom. The maximum atomic E-state index is 14.7. The van der Waals surface area contributed by atoms with Crippen LogP contribution in [0.15, 0.2) is 48.7 Å². The number of halogens is 1. The van der Waals surface area contributed by atoms with E-state index < -0.39 is 0 Å². The van der Waals surface area contributed by atoms with E-state index in [-0.39, 0.29) is 23.1 Å². The normalized spacial score (nSPS) is 24.8. The number of anilines is 1. The van der Waals surface area contributed by atoms with Gasteiger partial charge in [0.2, 0.25) is 0 Å². The van der Waals surface area contributed by atoms with E-state index >= 15 is 0 Å². The van der Waals surface area contributed by atoms with Gasteiger partial charge in [0.05, 0.1) is 6.20 Å². The minimum Gasteiger partial charge on any atom is -0.355 e. The van der Waals surface area contributed by atoms with Gasteiger partial charge < -0.3 is 16.0 Å². The maximum absolute atomic E-state index is 14.7. The van der Waals surface area contributed by atoms with Crippen LogP contribution in [0.1, 0.15) is 27.9 Å². The number of hydrogen-bond donors (Lipinski definition) is 3. The lowest BCUT2D eigenvalue weighted by Crippen LogP contribution is -2.32. The molecule has 2 fully saturated rings. The zero-order valence-corrected chi connectivity index (χ0v) is 19.7. The number of carbonyl (C=O) groups is 1. The van der Waals surface area contributed by atoms with E-state index in [0.29, 0.717) is 41.4 Å². The van der Waals surface area contributed by atoms with Gasteiger partial charge >= 0.3 is 0 Å². The van der Waals surface area contributed by atoms with Crippen molar-refractivity contribution in [1.29, 1.82) is 0 Å². The van der Waals surface area contributed by atoms with Gasteiger partial charge in [0.25, 0.3) is 5.91 Å². The lowest BCUT2D eigenvalue weighted by Gasteiger charge is -2.26. The summed E-state index contributed by atoms with van der Waals surface area (Å²) in [5.41, 5.74) is 11.3. The summed E-state index contributed by atoms with van der Waals surface area (Å²) in [6.07, 6.45) is 3.47. The Hall–Kier alpha value is -3.85. The van der Waals surface area contributed by atoms with Crippen LogP contribution in [-0.4, -0.2) is 52.3 Å². The van der Waals surface area contributed by atoms with Crippen molar-refractivity contribution in [3.05, 3.63) is 71.2 Å². The van der Waals surface area contributed by atoms with E-state index in [4.69, 9.17) is 15.7 Å². The van der Waals surface area contributed by atoms with E-state index in [1.807, 2.05) is 30.3 Å². The van der Waals surface area contributed by atoms with Gasteiger partial charge in [-0.1, -0.05) is 30.3 Å². The molecule has 2 aromatic carbocycles. The predicted octanol–water partition coefficient (Wildman–Crippen LogP) is 2.80. The Kier molecular flexibility index (Phi) is 4.66. The monoisotopic (exact) mass is 483 g/mol. The second kappa shape index (κ2) is 7.83. The number of amides is 1. The number of benzene rings is 2. The minimum atomic E-state index is -0.308. The number of rotatable bonds is 4. The van der Waals surface area contributed by atoms with Crippen molar-refractivity contribution in [3.63, 3.8) is 0 Å². The molecule has 1 saturated heterocycles. The van der Waals surface area contributed by atoms with Gasteiger partial charge in [-0.05, 0) is 47.9 Å². The van der Waals surface area contributed by atoms with Crippen molar-refractivity contribution in [2.45, 2.75) is 18.3 Å². The van der Waals surface area contributed by atoms with Crippen LogP contribution in [-0.2, 0) is 11.8 Å². The topological polar surface area (TPSA) is 113 Å². The molecule has 8 nitrogen and oxygen atoms in total. The molecule has 0 unspecified atom stereocenters. The molecule has 9 heteroatoms. The highest BCUT2D eigenvalue weighted by Gasteiger charge is 2.66. The van der Waals surface area contributed by atoms with E-state index in [0.717, 1.165) is 48.4 Å². The first-order valence-electron chi connectivity index (χ1n) is 12.4. The zero-order valence-electron chi connectivity index (χ0n) is 19.7. The molecule has 4 aromatic rings. The number of nitrogens with two attached hydrogens (primary N) is 1. The third-order valence-electron chi connectivity index (χ3n) is 8.46. The number of piperidine rings is 1. The number of fused-ring (bicyclic) bond motifs is 3. The first-order chi connectivity index (χ1) is 17.6. The molecule has 7 rings (SSSR count). The van der Waals surface area contributed by atoms with Gasteiger partial charge in [0.1, 0.15) is 22.8 Å². The standard InChI is InChI=1S/C27H26FN7O/c28-21-7-2-1-6-19(21)27(14-29)18-9-11-35(13-20(18)27)22-12-31-24-23(33-34-25(24)32-22)16-4-3-5-17-15(16)8-10-30-26(17)36/h1-7,12,18,20H,8-11,13-14,29H2,(H,30,36)(H,32,33,34)/t18-,20+,27-/m1/s1. The van der Waals surface area contributed by atoms with Gasteiger partial charge in [-0.15, -0.1) is 0 Å². The fourth-order valence-corrected chi connectivity index (χ4v) is 6.66. The SMILES string of the molecule is NC[C@]1(c2ccccc2F)[C@@H]2CCN(c3cnc4c(-c5cccc6c5CCNC6=O)n[nH]c4n3)C[C@@H]21. The summed E-state index contributed by atoms with van der Waals surface area (Å²) in [4.78, 5) is 24.1. The average molecular weight is 484 g/mol. The fraction of sp³-hybridized carbons (Fsp3) is 0.333. The molecule has 36 heavy (non-hydrogen) atoms. The number of aromatic amines is 1. The summed E-state index contributed by atoms with van der Waals surface area (Å²) in [7, 11) is 0. The molecule has 1 saturated carbocycles. The summed E-state index contributed by atoms with van der Waals surface area (Å²) in [5, 5.41) is 10.5.